The number of aliphatic hydroxyl groups is 1. The maximum absolute atomic E-state index is 13.3. The third-order valence-corrected chi connectivity index (χ3v) is 3.09. The van der Waals surface area contributed by atoms with Crippen LogP contribution in [0.3, 0.4) is 0 Å². The minimum atomic E-state index is -1.18. The Labute approximate surface area is 63.2 Å². The monoisotopic (exact) mass is 164 g/mol. The Morgan fingerprint density at radius 3 is 2.30 bits per heavy atom. The molecular weight excluding hydrogens is 150 g/mol. The molecule has 2 atom stereocenters. The molecule has 1 aliphatic carbocycles. The smallest absolute Gasteiger partial charge is 0.126 e. The normalized spacial score (nSPS) is 27.6. The maximum Gasteiger partial charge on any atom is 0.126 e. The van der Waals surface area contributed by atoms with E-state index in [-0.39, 0.29) is 12.0 Å². The van der Waals surface area contributed by atoms with Gasteiger partial charge in [-0.25, -0.2) is 4.39 Å². The molecule has 10 heavy (non-hydrogen) atoms. The first-order chi connectivity index (χ1) is 4.52. The minimum absolute atomic E-state index is 0.105. The van der Waals surface area contributed by atoms with Crippen LogP contribution in [0.1, 0.15) is 26.2 Å². The fourth-order valence-electron chi connectivity index (χ4n) is 1.35. The first-order valence-electron chi connectivity index (χ1n) is 3.60. The molecule has 0 aromatic rings. The van der Waals surface area contributed by atoms with Gasteiger partial charge in [-0.15, -0.1) is 0 Å². The second-order valence-corrected chi connectivity index (χ2v) is 4.41. The molecule has 0 amide bonds. The molecule has 0 aliphatic heterocycles. The van der Waals surface area contributed by atoms with Crippen molar-refractivity contribution in [3.63, 3.8) is 0 Å². The van der Waals surface area contributed by atoms with Crippen LogP contribution in [0.5, 0.6) is 0 Å². The van der Waals surface area contributed by atoms with Crippen LogP contribution in [-0.2, 0) is 0 Å². The van der Waals surface area contributed by atoms with Crippen LogP contribution in [0.2, 0.25) is 0 Å². The number of hydrogen-bond donors (Lipinski definition) is 1. The first-order valence-corrected chi connectivity index (χ1v) is 4.18. The van der Waals surface area contributed by atoms with Gasteiger partial charge < -0.3 is 5.11 Å². The second-order valence-electron chi connectivity index (χ2n) is 3.33. The second kappa shape index (κ2) is 2.42. The summed E-state index contributed by atoms with van der Waals surface area (Å²) < 4.78 is 13.3. The molecule has 0 bridgehead atoms. The summed E-state index contributed by atoms with van der Waals surface area (Å²) in [5, 5.41) is 7.44. The average Bonchev–Trinajstić information content (AvgIpc) is 2.45. The topological polar surface area (TPSA) is 20.2 Å². The van der Waals surface area contributed by atoms with Crippen LogP contribution in [0.4, 0.5) is 4.39 Å². The SMILES string of the molecule is CC(F)(P)C1(CCO)CC1. The van der Waals surface area contributed by atoms with Gasteiger partial charge in [-0.2, -0.15) is 0 Å². The lowest BCUT2D eigenvalue weighted by molar-refractivity contribution is 0.144. The molecule has 1 saturated carbocycles. The number of alkyl halides is 1. The van der Waals surface area contributed by atoms with Crippen LogP contribution < -0.4 is 0 Å². The summed E-state index contributed by atoms with van der Waals surface area (Å²) >= 11 is 0. The van der Waals surface area contributed by atoms with Gasteiger partial charge in [0.2, 0.25) is 0 Å². The Morgan fingerprint density at radius 2 is 2.20 bits per heavy atom. The molecule has 1 rings (SSSR count). The van der Waals surface area contributed by atoms with Crippen LogP contribution in [0.25, 0.3) is 0 Å². The highest BCUT2D eigenvalue weighted by atomic mass is 31.0. The summed E-state index contributed by atoms with van der Waals surface area (Å²) in [5.41, 5.74) is -0.216. The van der Waals surface area contributed by atoms with Gasteiger partial charge in [0.25, 0.3) is 0 Å². The van der Waals surface area contributed by atoms with Crippen molar-refractivity contribution in [1.29, 1.82) is 0 Å². The Hall–Kier alpha value is 0.320. The fourth-order valence-corrected chi connectivity index (χ4v) is 1.78. The van der Waals surface area contributed by atoms with Crippen molar-refractivity contribution in [2.24, 2.45) is 5.41 Å². The van der Waals surface area contributed by atoms with Crippen molar-refractivity contribution in [2.45, 2.75) is 31.6 Å². The van der Waals surface area contributed by atoms with E-state index in [4.69, 9.17) is 5.11 Å². The Morgan fingerprint density at radius 1 is 1.70 bits per heavy atom. The van der Waals surface area contributed by atoms with Crippen molar-refractivity contribution in [1.82, 2.24) is 0 Å². The lowest BCUT2D eigenvalue weighted by atomic mass is 9.97. The van der Waals surface area contributed by atoms with Gasteiger partial charge in [-0.3, -0.25) is 0 Å². The van der Waals surface area contributed by atoms with E-state index in [9.17, 15) is 4.39 Å². The van der Waals surface area contributed by atoms with E-state index < -0.39 is 5.41 Å². The summed E-state index contributed by atoms with van der Waals surface area (Å²) in [4.78, 5) is 0. The predicted molar refractivity (Wildman–Crippen MR) is 42.6 cm³/mol. The Kier molecular flexibility index (Phi) is 2.04. The van der Waals surface area contributed by atoms with E-state index >= 15 is 0 Å². The molecule has 1 nitrogen and oxygen atoms in total. The molecule has 0 heterocycles. The standard InChI is InChI=1S/C7H14FOP/c1-6(8,10)7(2-3-7)4-5-9/h9H,2-5,10H2,1H3. The summed E-state index contributed by atoms with van der Waals surface area (Å²) in [7, 11) is 2.22. The molecule has 1 N–H and O–H groups in total. The zero-order valence-corrected chi connectivity index (χ0v) is 7.39. The molecule has 0 radical (unpaired) electrons. The highest BCUT2D eigenvalue weighted by Gasteiger charge is 2.54. The molecule has 0 saturated heterocycles. The van der Waals surface area contributed by atoms with Crippen molar-refractivity contribution in [3.8, 4) is 0 Å². The van der Waals surface area contributed by atoms with Gasteiger partial charge in [0.1, 0.15) is 5.41 Å². The maximum atomic E-state index is 13.3. The Bertz CT molecular complexity index is 126. The van der Waals surface area contributed by atoms with E-state index in [2.05, 4.69) is 9.24 Å². The zero-order chi connectivity index (χ0) is 7.83. The minimum Gasteiger partial charge on any atom is -0.396 e. The molecule has 0 aromatic carbocycles. The van der Waals surface area contributed by atoms with E-state index in [1.807, 2.05) is 0 Å². The molecule has 1 fully saturated rings. The van der Waals surface area contributed by atoms with Crippen LogP contribution in [-0.4, -0.2) is 17.1 Å². The third-order valence-electron chi connectivity index (χ3n) is 2.48. The van der Waals surface area contributed by atoms with Gasteiger partial charge in [0.05, 0.1) is 0 Å². The number of aliphatic hydroxyl groups excluding tert-OH is 1. The zero-order valence-electron chi connectivity index (χ0n) is 6.23. The lowest BCUT2D eigenvalue weighted by Gasteiger charge is -2.25. The molecule has 2 unspecified atom stereocenters. The fraction of sp³-hybridized carbons (Fsp3) is 1.00. The summed E-state index contributed by atoms with van der Waals surface area (Å²) in [6.07, 6.45) is 2.44. The van der Waals surface area contributed by atoms with Crippen molar-refractivity contribution >= 4 is 9.24 Å². The average molecular weight is 164 g/mol. The van der Waals surface area contributed by atoms with Crippen LogP contribution in [0, 0.1) is 5.41 Å². The molecular formula is C7H14FOP. The lowest BCUT2D eigenvalue weighted by Crippen LogP contribution is -2.24. The van der Waals surface area contributed by atoms with E-state index in [0.29, 0.717) is 6.42 Å². The predicted octanol–water partition coefficient (Wildman–Crippen LogP) is 1.71. The number of rotatable bonds is 3. The summed E-state index contributed by atoms with van der Waals surface area (Å²) in [6, 6.07) is 0. The molecule has 0 spiro atoms. The van der Waals surface area contributed by atoms with Gasteiger partial charge in [-0.1, -0.05) is 9.24 Å². The molecule has 1 aliphatic rings. The van der Waals surface area contributed by atoms with E-state index in [1.165, 1.54) is 0 Å². The molecule has 0 aromatic heterocycles. The number of halogens is 1. The van der Waals surface area contributed by atoms with E-state index in [0.717, 1.165) is 12.8 Å². The quantitative estimate of drug-likeness (QED) is 0.629. The Balaban J connectivity index is 2.52. The van der Waals surface area contributed by atoms with Gasteiger partial charge in [0.15, 0.2) is 0 Å². The first kappa shape index (κ1) is 8.42. The van der Waals surface area contributed by atoms with E-state index in [1.54, 1.807) is 6.92 Å². The third kappa shape index (κ3) is 1.33. The molecule has 60 valence electrons. The largest absolute Gasteiger partial charge is 0.396 e. The number of hydrogen-bond acceptors (Lipinski definition) is 1. The van der Waals surface area contributed by atoms with Gasteiger partial charge in [-0.05, 0) is 26.2 Å². The summed E-state index contributed by atoms with van der Waals surface area (Å²) in [6.45, 7) is 1.67. The molecule has 3 heteroatoms. The van der Waals surface area contributed by atoms with Crippen molar-refractivity contribution in [3.05, 3.63) is 0 Å². The van der Waals surface area contributed by atoms with Crippen molar-refractivity contribution in [2.75, 3.05) is 6.61 Å². The highest BCUT2D eigenvalue weighted by molar-refractivity contribution is 7.18. The van der Waals surface area contributed by atoms with Gasteiger partial charge in [0, 0.05) is 12.0 Å². The van der Waals surface area contributed by atoms with Crippen LogP contribution >= 0.6 is 9.24 Å². The van der Waals surface area contributed by atoms with Crippen molar-refractivity contribution < 1.29 is 9.50 Å². The van der Waals surface area contributed by atoms with Crippen LogP contribution in [0.15, 0.2) is 0 Å². The van der Waals surface area contributed by atoms with Gasteiger partial charge >= 0.3 is 0 Å². The summed E-state index contributed by atoms with van der Waals surface area (Å²) in [5.74, 6) is 0. The highest BCUT2D eigenvalue weighted by Crippen LogP contribution is 2.60.